The molecule has 26 heavy (non-hydrogen) atoms. The van der Waals surface area contributed by atoms with Crippen LogP contribution in [0, 0.1) is 13.8 Å². The molecule has 6 nitrogen and oxygen atoms in total. The van der Waals surface area contributed by atoms with E-state index in [-0.39, 0.29) is 0 Å². The zero-order valence-electron chi connectivity index (χ0n) is 15.7. The molecule has 1 aromatic carbocycles. The molecule has 0 saturated carbocycles. The summed E-state index contributed by atoms with van der Waals surface area (Å²) in [6.07, 6.45) is 3.16. The van der Waals surface area contributed by atoms with Crippen LogP contribution in [0.3, 0.4) is 0 Å². The first-order valence-corrected chi connectivity index (χ1v) is 11.2. The predicted octanol–water partition coefficient (Wildman–Crippen LogP) is 2.46. The summed E-state index contributed by atoms with van der Waals surface area (Å²) in [7, 11) is -1.45. The average Bonchev–Trinajstić information content (AvgIpc) is 2.98. The van der Waals surface area contributed by atoms with Crippen molar-refractivity contribution in [3.63, 3.8) is 0 Å². The fourth-order valence-corrected chi connectivity index (χ4v) is 4.39. The topological polar surface area (TPSA) is 83.4 Å². The maximum Gasteiger partial charge on any atom is 0.191 e. The number of aryl methyl sites for hydroxylation is 3. The summed E-state index contributed by atoms with van der Waals surface area (Å²) in [5.74, 6) is 0.727. The lowest BCUT2D eigenvalue weighted by molar-refractivity contribution is 0.601. The lowest BCUT2D eigenvalue weighted by Crippen LogP contribution is -2.37. The zero-order chi connectivity index (χ0) is 19.2. The largest absolute Gasteiger partial charge is 0.356 e. The fraction of sp³-hybridized carbons (Fsp3) is 0.444. The molecule has 0 aliphatic rings. The van der Waals surface area contributed by atoms with Gasteiger partial charge in [0.25, 0.3) is 0 Å². The van der Waals surface area contributed by atoms with E-state index in [4.69, 9.17) is 0 Å². The van der Waals surface area contributed by atoms with E-state index in [0.29, 0.717) is 11.4 Å². The van der Waals surface area contributed by atoms with Gasteiger partial charge in [0.15, 0.2) is 15.8 Å². The summed E-state index contributed by atoms with van der Waals surface area (Å²) in [6, 6.07) is 5.38. The summed E-state index contributed by atoms with van der Waals surface area (Å²) in [5.41, 5.74) is 2.84. The molecular formula is C18H26N4O2S2. The lowest BCUT2D eigenvalue weighted by atomic mass is 10.1. The number of sulfone groups is 1. The lowest BCUT2D eigenvalue weighted by Gasteiger charge is -2.13. The van der Waals surface area contributed by atoms with Gasteiger partial charge in [0.1, 0.15) is 0 Å². The smallest absolute Gasteiger partial charge is 0.191 e. The molecule has 1 heterocycles. The number of hydrogen-bond acceptors (Lipinski definition) is 5. The quantitative estimate of drug-likeness (QED) is 0.428. The molecule has 0 bridgehead atoms. The van der Waals surface area contributed by atoms with Crippen molar-refractivity contribution < 1.29 is 8.42 Å². The van der Waals surface area contributed by atoms with Crippen molar-refractivity contribution in [3.05, 3.63) is 45.4 Å². The molecule has 1 aromatic heterocycles. The highest BCUT2D eigenvalue weighted by Gasteiger charge is 2.11. The fourth-order valence-electron chi connectivity index (χ4n) is 2.61. The Balaban J connectivity index is 1.80. The number of benzene rings is 1. The van der Waals surface area contributed by atoms with E-state index in [9.17, 15) is 8.42 Å². The third kappa shape index (κ3) is 6.10. The number of hydrogen-bond donors (Lipinski definition) is 2. The molecule has 0 atom stereocenters. The first-order chi connectivity index (χ1) is 12.3. The summed E-state index contributed by atoms with van der Waals surface area (Å²) in [4.78, 5) is 9.05. The van der Waals surface area contributed by atoms with E-state index in [1.54, 1.807) is 24.5 Å². The van der Waals surface area contributed by atoms with Crippen LogP contribution in [0.4, 0.5) is 0 Å². The number of nitrogens with zero attached hydrogens (tertiary/aromatic N) is 2. The molecule has 0 unspecified atom stereocenters. The number of aliphatic imine (C=N–C) groups is 1. The third-order valence-electron chi connectivity index (χ3n) is 3.85. The van der Waals surface area contributed by atoms with E-state index in [1.165, 1.54) is 6.26 Å². The van der Waals surface area contributed by atoms with Gasteiger partial charge < -0.3 is 10.6 Å². The highest BCUT2D eigenvalue weighted by atomic mass is 32.2. The minimum absolute atomic E-state index is 0.376. The minimum Gasteiger partial charge on any atom is -0.356 e. The molecule has 0 fully saturated rings. The van der Waals surface area contributed by atoms with Crippen LogP contribution in [0.2, 0.25) is 0 Å². The molecule has 2 aromatic rings. The van der Waals surface area contributed by atoms with Gasteiger partial charge in [0, 0.05) is 43.9 Å². The standard InChI is InChI=1S/C18H26N4O2S2/c1-13-10-15(7-8-16(13)26(4,23)24)11-21-18(19-3)20-9-5-6-17-22-14(2)12-25-17/h7-8,10,12H,5-6,9,11H2,1-4H3,(H2,19,20,21). The van der Waals surface area contributed by atoms with Crippen LogP contribution in [0.25, 0.3) is 0 Å². The number of aromatic nitrogens is 1. The van der Waals surface area contributed by atoms with Gasteiger partial charge in [-0.3, -0.25) is 4.99 Å². The van der Waals surface area contributed by atoms with Gasteiger partial charge in [0.05, 0.1) is 9.90 Å². The van der Waals surface area contributed by atoms with E-state index < -0.39 is 9.84 Å². The number of nitrogens with one attached hydrogen (secondary N) is 2. The molecule has 0 spiro atoms. The van der Waals surface area contributed by atoms with E-state index >= 15 is 0 Å². The van der Waals surface area contributed by atoms with Crippen LogP contribution >= 0.6 is 11.3 Å². The highest BCUT2D eigenvalue weighted by Crippen LogP contribution is 2.16. The van der Waals surface area contributed by atoms with Crippen molar-refractivity contribution in [2.75, 3.05) is 19.8 Å². The van der Waals surface area contributed by atoms with Gasteiger partial charge in [0.2, 0.25) is 0 Å². The highest BCUT2D eigenvalue weighted by molar-refractivity contribution is 7.90. The molecule has 0 saturated heterocycles. The van der Waals surface area contributed by atoms with Crippen LogP contribution in [-0.4, -0.2) is 39.2 Å². The average molecular weight is 395 g/mol. The Morgan fingerprint density at radius 1 is 1.27 bits per heavy atom. The Labute approximate surface area is 159 Å². The number of rotatable bonds is 7. The third-order valence-corrected chi connectivity index (χ3v) is 6.13. The van der Waals surface area contributed by atoms with Crippen molar-refractivity contribution in [3.8, 4) is 0 Å². The van der Waals surface area contributed by atoms with Crippen LogP contribution in [0.15, 0.2) is 33.5 Å². The van der Waals surface area contributed by atoms with Gasteiger partial charge in [-0.05, 0) is 37.5 Å². The van der Waals surface area contributed by atoms with Crippen LogP contribution in [0.1, 0.15) is 28.2 Å². The molecule has 142 valence electrons. The van der Waals surface area contributed by atoms with E-state index in [1.807, 2.05) is 26.0 Å². The molecule has 2 rings (SSSR count). The summed E-state index contributed by atoms with van der Waals surface area (Å²) in [5, 5.41) is 9.77. The predicted molar refractivity (Wildman–Crippen MR) is 108 cm³/mol. The number of thiazole rings is 1. The van der Waals surface area contributed by atoms with E-state index in [0.717, 1.165) is 47.2 Å². The second kappa shape index (κ2) is 9.14. The van der Waals surface area contributed by atoms with Gasteiger partial charge in [-0.25, -0.2) is 13.4 Å². The first kappa shape index (κ1) is 20.4. The Bertz CT molecular complexity index is 873. The van der Waals surface area contributed by atoms with E-state index in [2.05, 4.69) is 26.0 Å². The molecule has 8 heteroatoms. The molecule has 0 amide bonds. The molecule has 0 aliphatic carbocycles. The summed E-state index contributed by atoms with van der Waals surface area (Å²) in [6.45, 7) is 5.21. The summed E-state index contributed by atoms with van der Waals surface area (Å²) >= 11 is 1.70. The molecule has 0 aliphatic heterocycles. The molecule has 2 N–H and O–H groups in total. The number of guanidine groups is 1. The minimum atomic E-state index is -3.18. The Morgan fingerprint density at radius 3 is 2.62 bits per heavy atom. The van der Waals surface area contributed by atoms with Crippen molar-refractivity contribution >= 4 is 27.1 Å². The first-order valence-electron chi connectivity index (χ1n) is 8.44. The normalized spacial score (nSPS) is 12.2. The van der Waals surface area contributed by atoms with Crippen LogP contribution in [-0.2, 0) is 22.8 Å². The van der Waals surface area contributed by atoms with Crippen molar-refractivity contribution in [1.29, 1.82) is 0 Å². The maximum absolute atomic E-state index is 11.7. The zero-order valence-corrected chi connectivity index (χ0v) is 17.3. The Hall–Kier alpha value is -1.93. The van der Waals surface area contributed by atoms with Gasteiger partial charge in [-0.1, -0.05) is 12.1 Å². The van der Waals surface area contributed by atoms with Crippen molar-refractivity contribution in [2.45, 2.75) is 38.1 Å². The molecule has 0 radical (unpaired) electrons. The summed E-state index contributed by atoms with van der Waals surface area (Å²) < 4.78 is 23.4. The Morgan fingerprint density at radius 2 is 2.04 bits per heavy atom. The van der Waals surface area contributed by atoms with Crippen LogP contribution in [0.5, 0.6) is 0 Å². The van der Waals surface area contributed by atoms with Crippen molar-refractivity contribution in [1.82, 2.24) is 15.6 Å². The van der Waals surface area contributed by atoms with Gasteiger partial charge in [-0.15, -0.1) is 11.3 Å². The van der Waals surface area contributed by atoms with Gasteiger partial charge >= 0.3 is 0 Å². The van der Waals surface area contributed by atoms with Crippen LogP contribution < -0.4 is 10.6 Å². The monoisotopic (exact) mass is 394 g/mol. The second-order valence-corrected chi connectivity index (χ2v) is 9.14. The maximum atomic E-state index is 11.7. The van der Waals surface area contributed by atoms with Gasteiger partial charge in [-0.2, -0.15) is 0 Å². The Kier molecular flexibility index (Phi) is 7.16. The second-order valence-electron chi connectivity index (χ2n) is 6.21. The molecular weight excluding hydrogens is 368 g/mol. The van der Waals surface area contributed by atoms with Crippen molar-refractivity contribution in [2.24, 2.45) is 4.99 Å². The SMILES string of the molecule is CN=C(NCCCc1nc(C)cs1)NCc1ccc(S(C)(=O)=O)c(C)c1.